The number of nitrogens with two attached hydrogens (primary N) is 1. The summed E-state index contributed by atoms with van der Waals surface area (Å²) < 4.78 is 0. The first-order valence-electron chi connectivity index (χ1n) is 9.45. The Bertz CT molecular complexity index is 810. The number of carbonyl (C=O) groups excluding carboxylic acids is 1. The quantitative estimate of drug-likeness (QED) is 0.399. The van der Waals surface area contributed by atoms with E-state index in [9.17, 15) is 24.6 Å². The van der Waals surface area contributed by atoms with Gasteiger partial charge in [0.2, 0.25) is 0 Å². The van der Waals surface area contributed by atoms with Crippen LogP contribution in [-0.2, 0) is 27.2 Å². The third-order valence-corrected chi connectivity index (χ3v) is 4.71. The number of ketones is 1. The van der Waals surface area contributed by atoms with E-state index in [-0.39, 0.29) is 25.8 Å². The van der Waals surface area contributed by atoms with Crippen LogP contribution in [0.5, 0.6) is 0 Å². The van der Waals surface area contributed by atoms with Gasteiger partial charge >= 0.3 is 11.9 Å². The Morgan fingerprint density at radius 2 is 1.28 bits per heavy atom. The summed E-state index contributed by atoms with van der Waals surface area (Å²) in [5, 5.41) is 22.0. The number of nitrogens with one attached hydrogen (secondary N) is 1. The molecule has 0 aliphatic heterocycles. The van der Waals surface area contributed by atoms with Gasteiger partial charge in [0.15, 0.2) is 5.78 Å². The normalized spacial score (nSPS) is 14.0. The molecule has 2 aromatic carbocycles. The lowest BCUT2D eigenvalue weighted by Crippen LogP contribution is -2.52. The number of carboxylic acids is 2. The zero-order chi connectivity index (χ0) is 21.2. The molecule has 7 heteroatoms. The molecule has 0 heterocycles. The maximum Gasteiger partial charge on any atom is 0.321 e. The minimum Gasteiger partial charge on any atom is -0.481 e. The first-order chi connectivity index (χ1) is 13.9. The summed E-state index contributed by atoms with van der Waals surface area (Å²) in [4.78, 5) is 36.4. The van der Waals surface area contributed by atoms with Crippen molar-refractivity contribution in [1.29, 1.82) is 0 Å². The average molecular weight is 398 g/mol. The number of rotatable bonds is 12. The van der Waals surface area contributed by atoms with Crippen LogP contribution in [0.1, 0.15) is 17.5 Å². The van der Waals surface area contributed by atoms with Crippen LogP contribution in [0.15, 0.2) is 60.7 Å². The fraction of sp³-hybridized carbons (Fsp3) is 0.318. The Labute approximate surface area is 169 Å². The van der Waals surface area contributed by atoms with Crippen molar-refractivity contribution in [2.45, 2.75) is 31.3 Å². The molecule has 0 spiro atoms. The fourth-order valence-corrected chi connectivity index (χ4v) is 3.20. The largest absolute Gasteiger partial charge is 0.481 e. The second kappa shape index (κ2) is 11.1. The first-order valence-corrected chi connectivity index (χ1v) is 9.45. The van der Waals surface area contributed by atoms with Crippen LogP contribution in [0.4, 0.5) is 0 Å². The topological polar surface area (TPSA) is 130 Å². The Morgan fingerprint density at radius 3 is 1.69 bits per heavy atom. The molecule has 3 atom stereocenters. The van der Waals surface area contributed by atoms with Gasteiger partial charge in [-0.25, -0.2) is 0 Å². The summed E-state index contributed by atoms with van der Waals surface area (Å²) in [5.74, 6) is -4.21. The lowest BCUT2D eigenvalue weighted by atomic mass is 9.90. The predicted molar refractivity (Wildman–Crippen MR) is 108 cm³/mol. The zero-order valence-electron chi connectivity index (χ0n) is 16.0. The molecule has 0 radical (unpaired) electrons. The predicted octanol–water partition coefficient (Wildman–Crippen LogP) is 1.50. The smallest absolute Gasteiger partial charge is 0.321 e. The summed E-state index contributed by atoms with van der Waals surface area (Å²) in [6.45, 7) is 0.0487. The molecule has 7 nitrogen and oxygen atoms in total. The second-order valence-corrected chi connectivity index (χ2v) is 6.86. The molecule has 5 N–H and O–H groups in total. The van der Waals surface area contributed by atoms with Gasteiger partial charge < -0.3 is 15.9 Å². The van der Waals surface area contributed by atoms with E-state index in [1.54, 1.807) is 12.1 Å². The number of aliphatic carboxylic acids is 2. The molecule has 0 aliphatic carbocycles. The van der Waals surface area contributed by atoms with Crippen molar-refractivity contribution in [2.75, 3.05) is 6.54 Å². The standard InChI is InChI=1S/C22H26N2O5/c23-12-11-17(21(26)27)20(25)18(13-15-7-3-1-4-8-15)24-19(22(28)29)14-16-9-5-2-6-10-16/h1-10,17-19,24H,11-14,23H2,(H,26,27)(H,28,29)/t17?,18-,19-/m0/s1. The third-order valence-electron chi connectivity index (χ3n) is 4.71. The van der Waals surface area contributed by atoms with Crippen molar-refractivity contribution in [3.63, 3.8) is 0 Å². The molecule has 1 unspecified atom stereocenters. The summed E-state index contributed by atoms with van der Waals surface area (Å²) >= 11 is 0. The van der Waals surface area contributed by atoms with Crippen molar-refractivity contribution < 1.29 is 24.6 Å². The fourth-order valence-electron chi connectivity index (χ4n) is 3.20. The van der Waals surface area contributed by atoms with Crippen LogP contribution in [0.3, 0.4) is 0 Å². The minimum absolute atomic E-state index is 0.00242. The molecule has 0 bridgehead atoms. The maximum absolute atomic E-state index is 13.0. The molecule has 0 amide bonds. The molecule has 2 aromatic rings. The Kier molecular flexibility index (Phi) is 8.51. The number of benzene rings is 2. The lowest BCUT2D eigenvalue weighted by molar-refractivity contribution is -0.147. The van der Waals surface area contributed by atoms with E-state index in [4.69, 9.17) is 5.73 Å². The van der Waals surface area contributed by atoms with Gasteiger partial charge in [-0.2, -0.15) is 0 Å². The highest BCUT2D eigenvalue weighted by Crippen LogP contribution is 2.14. The van der Waals surface area contributed by atoms with Gasteiger partial charge in [0, 0.05) is 0 Å². The lowest BCUT2D eigenvalue weighted by Gasteiger charge is -2.25. The minimum atomic E-state index is -1.28. The highest BCUT2D eigenvalue weighted by atomic mass is 16.4. The van der Waals surface area contributed by atoms with Gasteiger partial charge in [-0.05, 0) is 36.9 Å². The van der Waals surface area contributed by atoms with Gasteiger partial charge in [-0.3, -0.25) is 19.7 Å². The summed E-state index contributed by atoms with van der Waals surface area (Å²) in [6.07, 6.45) is 0.355. The third kappa shape index (κ3) is 6.81. The van der Waals surface area contributed by atoms with E-state index in [1.807, 2.05) is 48.5 Å². The van der Waals surface area contributed by atoms with E-state index in [1.165, 1.54) is 0 Å². The molecule has 154 valence electrons. The molecule has 29 heavy (non-hydrogen) atoms. The van der Waals surface area contributed by atoms with E-state index in [0.29, 0.717) is 0 Å². The molecule has 0 aliphatic rings. The van der Waals surface area contributed by atoms with Crippen LogP contribution in [0.2, 0.25) is 0 Å². The van der Waals surface area contributed by atoms with Crippen molar-refractivity contribution in [2.24, 2.45) is 11.7 Å². The van der Waals surface area contributed by atoms with Gasteiger partial charge in [0.25, 0.3) is 0 Å². The second-order valence-electron chi connectivity index (χ2n) is 6.86. The van der Waals surface area contributed by atoms with E-state index < -0.39 is 35.7 Å². The van der Waals surface area contributed by atoms with Crippen molar-refractivity contribution in [3.8, 4) is 0 Å². The van der Waals surface area contributed by atoms with Gasteiger partial charge in [0.1, 0.15) is 12.0 Å². The van der Waals surface area contributed by atoms with Gasteiger partial charge in [0.05, 0.1) is 6.04 Å². The maximum atomic E-state index is 13.0. The van der Waals surface area contributed by atoms with E-state index in [0.717, 1.165) is 11.1 Å². The van der Waals surface area contributed by atoms with Crippen LogP contribution in [0.25, 0.3) is 0 Å². The number of carboxylic acid groups (broad SMARTS) is 2. The molecule has 0 aromatic heterocycles. The summed E-state index contributed by atoms with van der Waals surface area (Å²) in [5.41, 5.74) is 7.08. The summed E-state index contributed by atoms with van der Waals surface area (Å²) in [7, 11) is 0. The SMILES string of the molecule is NCCC(C(=O)O)C(=O)[C@H](Cc1ccccc1)N[C@@H](Cc1ccccc1)C(=O)O. The number of Topliss-reactive ketones (excluding diaryl/α,β-unsaturated/α-hetero) is 1. The zero-order valence-corrected chi connectivity index (χ0v) is 16.0. The van der Waals surface area contributed by atoms with Crippen molar-refractivity contribution in [1.82, 2.24) is 5.32 Å². The number of hydrogen-bond donors (Lipinski definition) is 4. The molecular weight excluding hydrogens is 372 g/mol. The van der Waals surface area contributed by atoms with E-state index >= 15 is 0 Å². The summed E-state index contributed by atoms with van der Waals surface area (Å²) in [6, 6.07) is 16.1. The van der Waals surface area contributed by atoms with Crippen molar-refractivity contribution >= 4 is 17.7 Å². The van der Waals surface area contributed by atoms with Crippen LogP contribution < -0.4 is 11.1 Å². The Hall–Kier alpha value is -3.03. The van der Waals surface area contributed by atoms with Crippen molar-refractivity contribution in [3.05, 3.63) is 71.8 Å². The average Bonchev–Trinajstić information content (AvgIpc) is 2.71. The van der Waals surface area contributed by atoms with Gasteiger partial charge in [-0.1, -0.05) is 60.7 Å². The molecule has 0 saturated heterocycles. The highest BCUT2D eigenvalue weighted by Gasteiger charge is 2.34. The first kappa shape index (κ1) is 22.3. The molecular formula is C22H26N2O5. The number of carbonyl (C=O) groups is 3. The molecule has 0 saturated carbocycles. The molecule has 2 rings (SSSR count). The number of hydrogen-bond acceptors (Lipinski definition) is 5. The van der Waals surface area contributed by atoms with Crippen LogP contribution in [-0.4, -0.2) is 46.6 Å². The highest BCUT2D eigenvalue weighted by molar-refractivity contribution is 6.01. The Balaban J connectivity index is 2.27. The monoisotopic (exact) mass is 398 g/mol. The Morgan fingerprint density at radius 1 is 0.793 bits per heavy atom. The van der Waals surface area contributed by atoms with Crippen LogP contribution in [0, 0.1) is 5.92 Å². The van der Waals surface area contributed by atoms with Gasteiger partial charge in [-0.15, -0.1) is 0 Å². The van der Waals surface area contributed by atoms with E-state index in [2.05, 4.69) is 5.32 Å². The van der Waals surface area contributed by atoms with Crippen LogP contribution >= 0.6 is 0 Å². The molecule has 0 fully saturated rings.